The van der Waals surface area contributed by atoms with Crippen LogP contribution in [0.3, 0.4) is 0 Å². The van der Waals surface area contributed by atoms with Crippen molar-refractivity contribution in [3.05, 3.63) is 35.1 Å². The molecule has 1 aliphatic heterocycles. The van der Waals surface area contributed by atoms with E-state index in [9.17, 15) is 0 Å². The van der Waals surface area contributed by atoms with Crippen LogP contribution in [0.2, 0.25) is 5.15 Å². The van der Waals surface area contributed by atoms with Gasteiger partial charge in [-0.2, -0.15) is 0 Å². The smallest absolute Gasteiger partial charge is 0.136 e. The van der Waals surface area contributed by atoms with E-state index in [4.69, 9.17) is 16.3 Å². The summed E-state index contributed by atoms with van der Waals surface area (Å²) in [6, 6.07) is 3.89. The standard InChI is InChI=1S/C10H10ClNO/c11-10-9(2-1-5-12-10)8-3-6-13-7-4-8/h1-3,5H,4,6-7H2. The van der Waals surface area contributed by atoms with Crippen LogP contribution >= 0.6 is 11.6 Å². The topological polar surface area (TPSA) is 22.1 Å². The lowest BCUT2D eigenvalue weighted by Crippen LogP contribution is -2.04. The molecule has 0 N–H and O–H groups in total. The van der Waals surface area contributed by atoms with Crippen molar-refractivity contribution in [3.63, 3.8) is 0 Å². The summed E-state index contributed by atoms with van der Waals surface area (Å²) in [5.41, 5.74) is 2.27. The van der Waals surface area contributed by atoms with Gasteiger partial charge in [0, 0.05) is 11.8 Å². The number of rotatable bonds is 1. The van der Waals surface area contributed by atoms with Crippen LogP contribution in [-0.4, -0.2) is 18.2 Å². The van der Waals surface area contributed by atoms with Gasteiger partial charge in [-0.3, -0.25) is 0 Å². The summed E-state index contributed by atoms with van der Waals surface area (Å²) in [5, 5.41) is 0.579. The van der Waals surface area contributed by atoms with Crippen molar-refractivity contribution in [1.29, 1.82) is 0 Å². The van der Waals surface area contributed by atoms with E-state index < -0.39 is 0 Å². The second-order valence-corrected chi connectivity index (χ2v) is 3.25. The first-order valence-corrected chi connectivity index (χ1v) is 4.63. The molecule has 2 nitrogen and oxygen atoms in total. The van der Waals surface area contributed by atoms with Crippen molar-refractivity contribution in [1.82, 2.24) is 4.98 Å². The SMILES string of the molecule is Clc1ncccc1C1=CCOCC1. The van der Waals surface area contributed by atoms with Crippen molar-refractivity contribution in [2.45, 2.75) is 6.42 Å². The first kappa shape index (κ1) is 8.73. The highest BCUT2D eigenvalue weighted by molar-refractivity contribution is 6.31. The molecule has 1 aromatic heterocycles. The zero-order valence-electron chi connectivity index (χ0n) is 7.16. The first-order chi connectivity index (χ1) is 6.38. The lowest BCUT2D eigenvalue weighted by Gasteiger charge is -2.13. The van der Waals surface area contributed by atoms with Gasteiger partial charge in [-0.25, -0.2) is 4.98 Å². The van der Waals surface area contributed by atoms with Gasteiger partial charge < -0.3 is 4.74 Å². The van der Waals surface area contributed by atoms with Gasteiger partial charge in [0.05, 0.1) is 13.2 Å². The molecule has 0 aromatic carbocycles. The maximum absolute atomic E-state index is 5.96. The molecule has 0 saturated heterocycles. The quantitative estimate of drug-likeness (QED) is 0.643. The number of ether oxygens (including phenoxy) is 1. The summed E-state index contributed by atoms with van der Waals surface area (Å²) in [4.78, 5) is 4.04. The molecule has 0 spiro atoms. The maximum Gasteiger partial charge on any atom is 0.136 e. The number of nitrogens with zero attached hydrogens (tertiary/aromatic N) is 1. The highest BCUT2D eigenvalue weighted by atomic mass is 35.5. The van der Waals surface area contributed by atoms with Crippen molar-refractivity contribution >= 4 is 17.2 Å². The van der Waals surface area contributed by atoms with Gasteiger partial charge in [-0.1, -0.05) is 23.7 Å². The fraction of sp³-hybridized carbons (Fsp3) is 0.300. The van der Waals surface area contributed by atoms with Crippen LogP contribution in [0.15, 0.2) is 24.4 Å². The normalized spacial score (nSPS) is 16.8. The predicted molar refractivity (Wildman–Crippen MR) is 52.7 cm³/mol. The number of pyridine rings is 1. The van der Waals surface area contributed by atoms with E-state index >= 15 is 0 Å². The molecule has 0 atom stereocenters. The summed E-state index contributed by atoms with van der Waals surface area (Å²) in [6.07, 6.45) is 4.68. The molecule has 2 rings (SSSR count). The Morgan fingerprint density at radius 3 is 3.08 bits per heavy atom. The maximum atomic E-state index is 5.96. The lowest BCUT2D eigenvalue weighted by molar-refractivity contribution is 0.161. The zero-order chi connectivity index (χ0) is 9.10. The van der Waals surface area contributed by atoms with Crippen LogP contribution in [0.4, 0.5) is 0 Å². The van der Waals surface area contributed by atoms with Gasteiger partial charge in [0.25, 0.3) is 0 Å². The molecule has 0 bridgehead atoms. The Morgan fingerprint density at radius 2 is 2.38 bits per heavy atom. The predicted octanol–water partition coefficient (Wildman–Crippen LogP) is 2.54. The van der Waals surface area contributed by atoms with E-state index in [1.165, 1.54) is 5.57 Å². The molecular weight excluding hydrogens is 186 g/mol. The van der Waals surface area contributed by atoms with Crippen LogP contribution in [0.25, 0.3) is 5.57 Å². The highest BCUT2D eigenvalue weighted by Crippen LogP contribution is 2.25. The summed E-state index contributed by atoms with van der Waals surface area (Å²) in [5.74, 6) is 0. The fourth-order valence-electron chi connectivity index (χ4n) is 1.40. The summed E-state index contributed by atoms with van der Waals surface area (Å²) < 4.78 is 5.22. The Bertz CT molecular complexity index is 335. The monoisotopic (exact) mass is 195 g/mol. The molecule has 1 aromatic rings. The molecule has 0 amide bonds. The van der Waals surface area contributed by atoms with Crippen LogP contribution in [-0.2, 0) is 4.74 Å². The summed E-state index contributed by atoms with van der Waals surface area (Å²) in [7, 11) is 0. The molecule has 2 heterocycles. The number of hydrogen-bond donors (Lipinski definition) is 0. The third-order valence-corrected chi connectivity index (χ3v) is 2.37. The van der Waals surface area contributed by atoms with Gasteiger partial charge in [0.15, 0.2) is 0 Å². The molecule has 0 aliphatic carbocycles. The van der Waals surface area contributed by atoms with E-state index in [1.54, 1.807) is 6.20 Å². The van der Waals surface area contributed by atoms with Crippen LogP contribution in [0.1, 0.15) is 12.0 Å². The van der Waals surface area contributed by atoms with E-state index in [0.29, 0.717) is 11.8 Å². The second-order valence-electron chi connectivity index (χ2n) is 2.90. The van der Waals surface area contributed by atoms with Crippen molar-refractivity contribution in [2.24, 2.45) is 0 Å². The van der Waals surface area contributed by atoms with E-state index in [2.05, 4.69) is 11.1 Å². The minimum absolute atomic E-state index is 0.579. The van der Waals surface area contributed by atoms with E-state index in [-0.39, 0.29) is 0 Å². The van der Waals surface area contributed by atoms with Crippen molar-refractivity contribution in [3.8, 4) is 0 Å². The van der Waals surface area contributed by atoms with Crippen molar-refractivity contribution in [2.75, 3.05) is 13.2 Å². The molecular formula is C10H10ClNO. The molecule has 68 valence electrons. The lowest BCUT2D eigenvalue weighted by atomic mass is 10.0. The Balaban J connectivity index is 2.34. The molecule has 0 radical (unpaired) electrons. The molecule has 0 saturated carbocycles. The van der Waals surface area contributed by atoms with E-state index in [0.717, 1.165) is 18.6 Å². The van der Waals surface area contributed by atoms with Crippen LogP contribution < -0.4 is 0 Å². The van der Waals surface area contributed by atoms with Gasteiger partial charge in [-0.05, 0) is 18.1 Å². The molecule has 0 fully saturated rings. The average molecular weight is 196 g/mol. The van der Waals surface area contributed by atoms with Gasteiger partial charge >= 0.3 is 0 Å². The fourth-order valence-corrected chi connectivity index (χ4v) is 1.64. The van der Waals surface area contributed by atoms with Gasteiger partial charge in [0.1, 0.15) is 5.15 Å². The number of hydrogen-bond acceptors (Lipinski definition) is 2. The minimum atomic E-state index is 0.579. The van der Waals surface area contributed by atoms with Crippen molar-refractivity contribution < 1.29 is 4.74 Å². The Kier molecular flexibility index (Phi) is 2.62. The second kappa shape index (κ2) is 3.90. The average Bonchev–Trinajstić information content (AvgIpc) is 2.20. The largest absolute Gasteiger partial charge is 0.377 e. The third kappa shape index (κ3) is 1.90. The van der Waals surface area contributed by atoms with Crippen LogP contribution in [0.5, 0.6) is 0 Å². The van der Waals surface area contributed by atoms with Gasteiger partial charge in [-0.15, -0.1) is 0 Å². The molecule has 3 heteroatoms. The summed E-state index contributed by atoms with van der Waals surface area (Å²) >= 11 is 5.96. The molecule has 0 unspecified atom stereocenters. The van der Waals surface area contributed by atoms with Gasteiger partial charge in [0.2, 0.25) is 0 Å². The number of halogens is 1. The molecule has 1 aliphatic rings. The number of aromatic nitrogens is 1. The summed E-state index contributed by atoms with van der Waals surface area (Å²) in [6.45, 7) is 1.46. The minimum Gasteiger partial charge on any atom is -0.377 e. The van der Waals surface area contributed by atoms with Crippen LogP contribution in [0, 0.1) is 0 Å². The Morgan fingerprint density at radius 1 is 1.46 bits per heavy atom. The highest BCUT2D eigenvalue weighted by Gasteiger charge is 2.09. The third-order valence-electron chi connectivity index (χ3n) is 2.07. The Labute approximate surface area is 82.2 Å². The Hall–Kier alpha value is -0.860. The zero-order valence-corrected chi connectivity index (χ0v) is 7.92. The molecule has 13 heavy (non-hydrogen) atoms. The van der Waals surface area contributed by atoms with E-state index in [1.807, 2.05) is 12.1 Å². The first-order valence-electron chi connectivity index (χ1n) is 4.25.